The first-order chi connectivity index (χ1) is 12.0. The predicted octanol–water partition coefficient (Wildman–Crippen LogP) is 1.54. The molecule has 0 radical (unpaired) electrons. The van der Waals surface area contributed by atoms with E-state index in [1.165, 1.54) is 6.20 Å². The number of anilines is 1. The molecule has 1 aromatic heterocycles. The van der Waals surface area contributed by atoms with E-state index in [4.69, 9.17) is 16.3 Å². The van der Waals surface area contributed by atoms with Crippen molar-refractivity contribution in [1.82, 2.24) is 14.9 Å². The number of carbonyl (C=O) groups excluding carboxylic acids is 1. The largest absolute Gasteiger partial charge is 0.481 e. The Bertz CT molecular complexity index is 802. The third kappa shape index (κ3) is 4.11. The topological polar surface area (TPSA) is 78.5 Å². The Morgan fingerprint density at radius 1 is 1.32 bits per heavy atom. The molecule has 1 saturated heterocycles. The van der Waals surface area contributed by atoms with Gasteiger partial charge in [0.15, 0.2) is 11.9 Å². The normalized spacial score (nSPS) is 15.8. The summed E-state index contributed by atoms with van der Waals surface area (Å²) in [5, 5.41) is 0.561. The van der Waals surface area contributed by atoms with Gasteiger partial charge in [-0.05, 0) is 25.1 Å². The van der Waals surface area contributed by atoms with Gasteiger partial charge in [0.05, 0.1) is 0 Å². The van der Waals surface area contributed by atoms with Crippen molar-refractivity contribution in [3.63, 3.8) is 0 Å². The van der Waals surface area contributed by atoms with Crippen molar-refractivity contribution in [3.8, 4) is 5.75 Å². The number of hydrogen-bond donors (Lipinski definition) is 1. The number of halogens is 1. The van der Waals surface area contributed by atoms with Gasteiger partial charge in [-0.15, -0.1) is 0 Å². The fourth-order valence-electron chi connectivity index (χ4n) is 2.76. The van der Waals surface area contributed by atoms with Gasteiger partial charge in [0.1, 0.15) is 5.75 Å². The monoisotopic (exact) mass is 362 g/mol. The minimum Gasteiger partial charge on any atom is -0.481 e. The lowest BCUT2D eigenvalue weighted by molar-refractivity contribution is -0.138. The second-order valence-electron chi connectivity index (χ2n) is 5.77. The number of rotatable bonds is 4. The highest BCUT2D eigenvalue weighted by Gasteiger charge is 2.27. The number of aromatic amines is 1. The average Bonchev–Trinajstić information content (AvgIpc) is 2.62. The third-order valence-corrected chi connectivity index (χ3v) is 4.27. The molecule has 0 spiro atoms. The smallest absolute Gasteiger partial charge is 0.290 e. The number of nitrogens with zero attached hydrogens (tertiary/aromatic N) is 3. The van der Waals surface area contributed by atoms with Crippen molar-refractivity contribution < 1.29 is 9.53 Å². The Kier molecular flexibility index (Phi) is 5.23. The zero-order valence-corrected chi connectivity index (χ0v) is 14.6. The molecule has 132 valence electrons. The molecule has 1 unspecified atom stereocenters. The second-order valence-corrected chi connectivity index (χ2v) is 6.21. The van der Waals surface area contributed by atoms with Gasteiger partial charge in [0.2, 0.25) is 0 Å². The average molecular weight is 363 g/mol. The van der Waals surface area contributed by atoms with Gasteiger partial charge in [-0.1, -0.05) is 17.7 Å². The summed E-state index contributed by atoms with van der Waals surface area (Å²) in [6, 6.07) is 6.97. The summed E-state index contributed by atoms with van der Waals surface area (Å²) in [5.41, 5.74) is -0.222. The highest BCUT2D eigenvalue weighted by atomic mass is 35.5. The van der Waals surface area contributed by atoms with Gasteiger partial charge in [0, 0.05) is 43.6 Å². The van der Waals surface area contributed by atoms with E-state index in [-0.39, 0.29) is 11.5 Å². The number of piperazine rings is 1. The van der Waals surface area contributed by atoms with Gasteiger partial charge in [-0.3, -0.25) is 9.59 Å². The summed E-state index contributed by atoms with van der Waals surface area (Å²) < 4.78 is 5.68. The quantitative estimate of drug-likeness (QED) is 0.892. The number of hydrogen-bond acceptors (Lipinski definition) is 5. The van der Waals surface area contributed by atoms with Crippen LogP contribution in [0.1, 0.15) is 6.92 Å². The first kappa shape index (κ1) is 17.3. The molecular weight excluding hydrogens is 344 g/mol. The summed E-state index contributed by atoms with van der Waals surface area (Å²) in [7, 11) is 0. The Hall–Kier alpha value is -2.54. The van der Waals surface area contributed by atoms with E-state index in [0.717, 1.165) is 0 Å². The van der Waals surface area contributed by atoms with Crippen LogP contribution in [0.4, 0.5) is 5.82 Å². The first-order valence-electron chi connectivity index (χ1n) is 8.04. The molecule has 7 nitrogen and oxygen atoms in total. The van der Waals surface area contributed by atoms with Crippen LogP contribution in [0.15, 0.2) is 41.5 Å². The molecule has 0 saturated carbocycles. The molecule has 1 amide bonds. The number of benzene rings is 1. The van der Waals surface area contributed by atoms with E-state index in [9.17, 15) is 9.59 Å². The molecule has 1 aromatic carbocycles. The SMILES string of the molecule is CC(Oc1cccc(Cl)c1)C(=O)N1CCN(c2ncc[nH]c2=O)CC1. The van der Waals surface area contributed by atoms with Crippen molar-refractivity contribution in [2.24, 2.45) is 0 Å². The molecule has 1 fully saturated rings. The van der Waals surface area contributed by atoms with Gasteiger partial charge in [0.25, 0.3) is 11.5 Å². The van der Waals surface area contributed by atoms with E-state index >= 15 is 0 Å². The molecule has 1 atom stereocenters. The molecule has 0 bridgehead atoms. The Labute approximate surface area is 150 Å². The van der Waals surface area contributed by atoms with Crippen molar-refractivity contribution in [2.45, 2.75) is 13.0 Å². The third-order valence-electron chi connectivity index (χ3n) is 4.04. The number of amides is 1. The van der Waals surface area contributed by atoms with Crippen LogP contribution >= 0.6 is 11.6 Å². The lowest BCUT2D eigenvalue weighted by atomic mass is 10.2. The summed E-state index contributed by atoms with van der Waals surface area (Å²) in [6.45, 7) is 3.85. The standard InChI is InChI=1S/C17H19ClN4O3/c1-12(25-14-4-2-3-13(18)11-14)17(24)22-9-7-21(8-10-22)15-16(23)20-6-5-19-15/h2-6,11-12H,7-10H2,1H3,(H,20,23). The van der Waals surface area contributed by atoms with E-state index in [0.29, 0.717) is 42.8 Å². The molecule has 8 heteroatoms. The Balaban J connectivity index is 1.58. The summed E-state index contributed by atoms with van der Waals surface area (Å²) >= 11 is 5.93. The van der Waals surface area contributed by atoms with Crippen LogP contribution in [0.25, 0.3) is 0 Å². The maximum Gasteiger partial charge on any atom is 0.290 e. The zero-order valence-electron chi connectivity index (χ0n) is 13.8. The second kappa shape index (κ2) is 7.57. The molecule has 3 rings (SSSR count). The van der Waals surface area contributed by atoms with E-state index < -0.39 is 6.10 Å². The van der Waals surface area contributed by atoms with Crippen LogP contribution in [0.2, 0.25) is 5.02 Å². The highest BCUT2D eigenvalue weighted by molar-refractivity contribution is 6.30. The number of carbonyl (C=O) groups is 1. The molecule has 0 aliphatic carbocycles. The Morgan fingerprint density at radius 2 is 2.08 bits per heavy atom. The fourth-order valence-corrected chi connectivity index (χ4v) is 2.94. The minimum absolute atomic E-state index is 0.0884. The molecular formula is C17H19ClN4O3. The lowest BCUT2D eigenvalue weighted by Crippen LogP contribution is -2.53. The number of ether oxygens (including phenoxy) is 1. The predicted molar refractivity (Wildman–Crippen MR) is 95.2 cm³/mol. The number of H-pyrrole nitrogens is 1. The van der Waals surface area contributed by atoms with E-state index in [1.807, 2.05) is 4.90 Å². The van der Waals surface area contributed by atoms with Crippen LogP contribution < -0.4 is 15.2 Å². The van der Waals surface area contributed by atoms with Gasteiger partial charge >= 0.3 is 0 Å². The molecule has 1 N–H and O–H groups in total. The molecule has 1 aliphatic heterocycles. The number of aromatic nitrogens is 2. The summed E-state index contributed by atoms with van der Waals surface area (Å²) in [6.07, 6.45) is 2.44. The van der Waals surface area contributed by atoms with Crippen LogP contribution in [0, 0.1) is 0 Å². The van der Waals surface area contributed by atoms with Crippen molar-refractivity contribution >= 4 is 23.3 Å². The molecule has 2 aromatic rings. The minimum atomic E-state index is -0.608. The number of nitrogens with one attached hydrogen (secondary N) is 1. The van der Waals surface area contributed by atoms with Crippen LogP contribution in [0.3, 0.4) is 0 Å². The van der Waals surface area contributed by atoms with Crippen molar-refractivity contribution in [2.75, 3.05) is 31.1 Å². The summed E-state index contributed by atoms with van der Waals surface area (Å²) in [5.74, 6) is 0.861. The fraction of sp³-hybridized carbons (Fsp3) is 0.353. The van der Waals surface area contributed by atoms with Crippen LogP contribution in [-0.4, -0.2) is 53.1 Å². The zero-order chi connectivity index (χ0) is 17.8. The Morgan fingerprint density at radius 3 is 2.76 bits per heavy atom. The van der Waals surface area contributed by atoms with E-state index in [2.05, 4.69) is 9.97 Å². The first-order valence-corrected chi connectivity index (χ1v) is 8.42. The lowest BCUT2D eigenvalue weighted by Gasteiger charge is -2.36. The van der Waals surface area contributed by atoms with Gasteiger partial charge in [-0.25, -0.2) is 4.98 Å². The molecule has 25 heavy (non-hydrogen) atoms. The van der Waals surface area contributed by atoms with Gasteiger partial charge < -0.3 is 19.5 Å². The van der Waals surface area contributed by atoms with Gasteiger partial charge in [-0.2, -0.15) is 0 Å². The molecule has 2 heterocycles. The maximum absolute atomic E-state index is 12.6. The van der Waals surface area contributed by atoms with Crippen LogP contribution in [0.5, 0.6) is 5.75 Å². The molecule has 1 aliphatic rings. The summed E-state index contributed by atoms with van der Waals surface area (Å²) in [4.78, 5) is 34.7. The highest BCUT2D eigenvalue weighted by Crippen LogP contribution is 2.19. The van der Waals surface area contributed by atoms with E-state index in [1.54, 1.807) is 42.3 Å². The van der Waals surface area contributed by atoms with Crippen molar-refractivity contribution in [3.05, 3.63) is 52.0 Å². The van der Waals surface area contributed by atoms with Crippen LogP contribution in [-0.2, 0) is 4.79 Å². The van der Waals surface area contributed by atoms with Crippen molar-refractivity contribution in [1.29, 1.82) is 0 Å². The maximum atomic E-state index is 12.6.